The molecule has 2 rings (SSSR count). The predicted octanol–water partition coefficient (Wildman–Crippen LogP) is 1.70. The van der Waals surface area contributed by atoms with Crippen molar-refractivity contribution in [1.82, 2.24) is 15.4 Å². The van der Waals surface area contributed by atoms with E-state index in [2.05, 4.69) is 15.4 Å². The maximum atomic E-state index is 12.9. The van der Waals surface area contributed by atoms with Gasteiger partial charge in [-0.1, -0.05) is 24.3 Å². The maximum Gasteiger partial charge on any atom is 0.251 e. The van der Waals surface area contributed by atoms with Crippen molar-refractivity contribution < 1.29 is 22.4 Å². The fraction of sp³-hybridized carbons (Fsp3) is 0.300. The van der Waals surface area contributed by atoms with Crippen LogP contribution in [0.1, 0.15) is 35.3 Å². The molecule has 0 saturated heterocycles. The number of halogens is 1. The largest absolute Gasteiger partial charge is 0.350 e. The Morgan fingerprint density at radius 1 is 0.931 bits per heavy atom. The van der Waals surface area contributed by atoms with Gasteiger partial charge in [0, 0.05) is 18.2 Å². The van der Waals surface area contributed by atoms with Gasteiger partial charge in [0.2, 0.25) is 15.9 Å². The van der Waals surface area contributed by atoms with Crippen molar-refractivity contribution in [1.29, 1.82) is 0 Å². The monoisotopic (exact) mass is 421 g/mol. The first kappa shape index (κ1) is 22.5. The van der Waals surface area contributed by atoms with Gasteiger partial charge in [0.1, 0.15) is 5.82 Å². The molecule has 0 saturated carbocycles. The van der Waals surface area contributed by atoms with Crippen LogP contribution in [0.3, 0.4) is 0 Å². The molecule has 0 aromatic heterocycles. The van der Waals surface area contributed by atoms with E-state index in [1.165, 1.54) is 24.3 Å². The van der Waals surface area contributed by atoms with Crippen molar-refractivity contribution in [3.05, 3.63) is 71.0 Å². The molecule has 9 heteroatoms. The summed E-state index contributed by atoms with van der Waals surface area (Å²) in [6.07, 6.45) is 0. The number of carbonyl (C=O) groups excluding carboxylic acids is 2. The van der Waals surface area contributed by atoms with Crippen molar-refractivity contribution in [3.63, 3.8) is 0 Å². The fourth-order valence-corrected chi connectivity index (χ4v) is 3.93. The average Bonchev–Trinajstić information content (AvgIpc) is 2.64. The minimum Gasteiger partial charge on any atom is -0.350 e. The van der Waals surface area contributed by atoms with E-state index in [4.69, 9.17) is 0 Å². The molecule has 7 nitrogen and oxygen atoms in total. The van der Waals surface area contributed by atoms with E-state index in [9.17, 15) is 22.4 Å². The molecular weight excluding hydrogens is 397 g/mol. The van der Waals surface area contributed by atoms with Gasteiger partial charge in [0.25, 0.3) is 5.91 Å². The van der Waals surface area contributed by atoms with Crippen LogP contribution in [0, 0.1) is 5.82 Å². The standard InChI is InChI=1S/C20H24FN3O4S/c1-14(2)24-29(27,28)13-16-5-3-15(4-6-16)11-22-19(25)12-23-20(26)17-7-9-18(21)10-8-17/h3-10,14,24H,11-13H2,1-2H3,(H,22,25)(H,23,26). The zero-order valence-corrected chi connectivity index (χ0v) is 17.1. The van der Waals surface area contributed by atoms with E-state index in [1.807, 2.05) is 0 Å². The summed E-state index contributed by atoms with van der Waals surface area (Å²) in [7, 11) is -3.39. The molecular formula is C20H24FN3O4S. The molecule has 0 unspecified atom stereocenters. The molecule has 0 aliphatic heterocycles. The quantitative estimate of drug-likeness (QED) is 0.573. The van der Waals surface area contributed by atoms with Gasteiger partial charge in [-0.05, 0) is 49.2 Å². The predicted molar refractivity (Wildman–Crippen MR) is 108 cm³/mol. The lowest BCUT2D eigenvalue weighted by Gasteiger charge is -2.10. The summed E-state index contributed by atoms with van der Waals surface area (Å²) < 4.78 is 39.2. The Balaban J connectivity index is 1.78. The minimum absolute atomic E-state index is 0.118. The molecule has 0 heterocycles. The van der Waals surface area contributed by atoms with Crippen LogP contribution in [0.2, 0.25) is 0 Å². The van der Waals surface area contributed by atoms with Crippen molar-refractivity contribution in [3.8, 4) is 0 Å². The first-order valence-corrected chi connectivity index (χ1v) is 10.7. The molecule has 0 fully saturated rings. The number of nitrogens with one attached hydrogen (secondary N) is 3. The van der Waals surface area contributed by atoms with Gasteiger partial charge >= 0.3 is 0 Å². The highest BCUT2D eigenvalue weighted by atomic mass is 32.2. The molecule has 0 atom stereocenters. The van der Waals surface area contributed by atoms with Gasteiger partial charge in [-0.3, -0.25) is 9.59 Å². The first-order chi connectivity index (χ1) is 13.6. The molecule has 0 bridgehead atoms. The third kappa shape index (κ3) is 8.00. The Morgan fingerprint density at radius 3 is 2.10 bits per heavy atom. The van der Waals surface area contributed by atoms with Crippen LogP contribution < -0.4 is 15.4 Å². The van der Waals surface area contributed by atoms with Crippen LogP contribution in [0.5, 0.6) is 0 Å². The summed E-state index contributed by atoms with van der Waals surface area (Å²) in [6.45, 7) is 3.53. The van der Waals surface area contributed by atoms with Crippen molar-refractivity contribution in [2.75, 3.05) is 6.54 Å². The lowest BCUT2D eigenvalue weighted by atomic mass is 10.1. The lowest BCUT2D eigenvalue weighted by Crippen LogP contribution is -2.36. The van der Waals surface area contributed by atoms with Gasteiger partial charge in [-0.15, -0.1) is 0 Å². The number of hydrogen-bond acceptors (Lipinski definition) is 4. The van der Waals surface area contributed by atoms with Crippen LogP contribution >= 0.6 is 0 Å². The van der Waals surface area contributed by atoms with E-state index >= 15 is 0 Å². The summed E-state index contributed by atoms with van der Waals surface area (Å²) in [6, 6.07) is 11.7. The zero-order valence-electron chi connectivity index (χ0n) is 16.2. The second kappa shape index (κ2) is 10.1. The highest BCUT2D eigenvalue weighted by molar-refractivity contribution is 7.88. The van der Waals surface area contributed by atoms with E-state index in [0.29, 0.717) is 5.56 Å². The third-order valence-corrected chi connectivity index (χ3v) is 5.34. The Bertz CT molecular complexity index is 943. The number of rotatable bonds is 9. The summed E-state index contributed by atoms with van der Waals surface area (Å²) in [5, 5.41) is 5.12. The van der Waals surface area contributed by atoms with Gasteiger partial charge in [-0.2, -0.15) is 0 Å². The van der Waals surface area contributed by atoms with Gasteiger partial charge < -0.3 is 10.6 Å². The third-order valence-electron chi connectivity index (χ3n) is 3.80. The normalized spacial score (nSPS) is 11.3. The number of carbonyl (C=O) groups is 2. The van der Waals surface area contributed by atoms with Crippen molar-refractivity contribution in [2.45, 2.75) is 32.2 Å². The van der Waals surface area contributed by atoms with Crippen LogP contribution in [-0.2, 0) is 27.1 Å². The Hall–Kier alpha value is -2.78. The molecule has 156 valence electrons. The number of sulfonamides is 1. The van der Waals surface area contributed by atoms with E-state index in [0.717, 1.165) is 5.56 Å². The lowest BCUT2D eigenvalue weighted by molar-refractivity contribution is -0.120. The average molecular weight is 421 g/mol. The number of hydrogen-bond donors (Lipinski definition) is 3. The summed E-state index contributed by atoms with van der Waals surface area (Å²) >= 11 is 0. The zero-order chi connectivity index (χ0) is 21.4. The second-order valence-corrected chi connectivity index (χ2v) is 8.57. The van der Waals surface area contributed by atoms with Crippen LogP contribution in [0.25, 0.3) is 0 Å². The molecule has 3 N–H and O–H groups in total. The smallest absolute Gasteiger partial charge is 0.251 e. The highest BCUT2D eigenvalue weighted by Crippen LogP contribution is 2.08. The van der Waals surface area contributed by atoms with Gasteiger partial charge in [0.05, 0.1) is 12.3 Å². The fourth-order valence-electron chi connectivity index (χ4n) is 2.50. The molecule has 2 aromatic rings. The Labute approximate surface area is 169 Å². The minimum atomic E-state index is -3.39. The number of benzene rings is 2. The topological polar surface area (TPSA) is 104 Å². The van der Waals surface area contributed by atoms with E-state index in [1.54, 1.807) is 38.1 Å². The summed E-state index contributed by atoms with van der Waals surface area (Å²) in [5.74, 6) is -1.42. The molecule has 2 aromatic carbocycles. The van der Waals surface area contributed by atoms with Crippen LogP contribution in [0.4, 0.5) is 4.39 Å². The first-order valence-electron chi connectivity index (χ1n) is 9.03. The summed E-state index contributed by atoms with van der Waals surface area (Å²) in [4.78, 5) is 23.8. The Morgan fingerprint density at radius 2 is 1.52 bits per heavy atom. The Kier molecular flexibility index (Phi) is 7.86. The van der Waals surface area contributed by atoms with E-state index < -0.39 is 21.7 Å². The second-order valence-electron chi connectivity index (χ2n) is 6.81. The van der Waals surface area contributed by atoms with Crippen molar-refractivity contribution >= 4 is 21.8 Å². The highest BCUT2D eigenvalue weighted by Gasteiger charge is 2.13. The SMILES string of the molecule is CC(C)NS(=O)(=O)Cc1ccc(CNC(=O)CNC(=O)c2ccc(F)cc2)cc1. The van der Waals surface area contributed by atoms with Crippen molar-refractivity contribution in [2.24, 2.45) is 0 Å². The molecule has 0 spiro atoms. The van der Waals surface area contributed by atoms with E-state index in [-0.39, 0.29) is 36.4 Å². The van der Waals surface area contributed by atoms with Crippen LogP contribution in [0.15, 0.2) is 48.5 Å². The molecule has 2 amide bonds. The molecule has 0 aliphatic carbocycles. The molecule has 29 heavy (non-hydrogen) atoms. The number of amides is 2. The van der Waals surface area contributed by atoms with Gasteiger partial charge in [-0.25, -0.2) is 17.5 Å². The maximum absolute atomic E-state index is 12.9. The van der Waals surface area contributed by atoms with Crippen LogP contribution in [-0.4, -0.2) is 32.8 Å². The summed E-state index contributed by atoms with van der Waals surface area (Å²) in [5.41, 5.74) is 1.69. The molecule has 0 aliphatic rings. The molecule has 0 radical (unpaired) electrons. The van der Waals surface area contributed by atoms with Gasteiger partial charge in [0.15, 0.2) is 0 Å².